The van der Waals surface area contributed by atoms with Crippen LogP contribution in [0.15, 0.2) is 0 Å². The number of hydrogen-bond acceptors (Lipinski definition) is 17. The summed E-state index contributed by atoms with van der Waals surface area (Å²) in [6.45, 7) is 2.33. The number of unbranched alkanes of at least 4 members (excludes halogenated alkanes) is 2. The van der Waals surface area contributed by atoms with E-state index >= 15 is 0 Å². The lowest BCUT2D eigenvalue weighted by Crippen LogP contribution is -2.59. The molecule has 15 atom stereocenters. The van der Waals surface area contributed by atoms with Crippen molar-refractivity contribution in [2.75, 3.05) is 13.2 Å². The zero-order chi connectivity index (χ0) is 37.5. The Bertz CT molecular complexity index is 969. The van der Waals surface area contributed by atoms with E-state index in [2.05, 4.69) is 0 Å². The fraction of sp³-hybridized carbons (Fsp3) is 0.938. The first-order valence-electron chi connectivity index (χ1n) is 17.3. The van der Waals surface area contributed by atoms with Crippen LogP contribution in [-0.2, 0) is 33.3 Å². The first-order chi connectivity index (χ1) is 23.6. The number of rotatable bonds is 23. The summed E-state index contributed by atoms with van der Waals surface area (Å²) >= 11 is 0. The van der Waals surface area contributed by atoms with E-state index in [1.54, 1.807) is 0 Å². The molecule has 15 unspecified atom stereocenters. The summed E-state index contributed by atoms with van der Waals surface area (Å²) in [5.74, 6) is -2.17. The minimum atomic E-state index is -1.80. The molecule has 0 radical (unpaired) electrons. The molecule has 0 aromatic rings. The minimum Gasteiger partial charge on any atom is -0.481 e. The van der Waals surface area contributed by atoms with Crippen molar-refractivity contribution in [3.8, 4) is 0 Å². The first kappa shape index (κ1) is 44.5. The van der Waals surface area contributed by atoms with Gasteiger partial charge < -0.3 is 79.9 Å². The average molecular weight is 731 g/mol. The van der Waals surface area contributed by atoms with Gasteiger partial charge in [0, 0.05) is 12.8 Å². The van der Waals surface area contributed by atoms with Crippen LogP contribution in [0.4, 0.5) is 0 Å². The van der Waals surface area contributed by atoms with E-state index in [1.807, 2.05) is 13.8 Å². The number of esters is 1. The maximum atomic E-state index is 13.4. The molecule has 0 bridgehead atoms. The number of aliphatic carboxylic acids is 1. The second kappa shape index (κ2) is 22.4. The Balaban J connectivity index is 2.24. The highest BCUT2D eigenvalue weighted by Crippen LogP contribution is 2.28. The van der Waals surface area contributed by atoms with Gasteiger partial charge in [-0.1, -0.05) is 33.1 Å². The molecule has 0 aromatic heterocycles. The van der Waals surface area contributed by atoms with E-state index in [9.17, 15) is 65.8 Å². The standard InChI is InChI=1S/C32H58O18/c1-3-5-6-8-18(11-20(12-23(37)38)48-32-30(45)28(43)26(41)22(15-34)50-32)46-24(39)13-19(10-17(36)9-16(35)7-4-2)47-31-29(44)27(42)25(40)21(14-33)49-31/h16-22,25-36,40-45H,3-15H2,1-2H3,(H,37,38). The Hall–Kier alpha value is -1.62. The molecule has 50 heavy (non-hydrogen) atoms. The summed E-state index contributed by atoms with van der Waals surface area (Å²) in [5, 5.41) is 111. The SMILES string of the molecule is CCCCCC(CC(CC(=O)O)OC1OC(CO)C(O)C(O)C1O)OC(=O)CC(CC(O)CC(O)CCC)OC1OC(CO)C(O)C(O)C1O. The number of hydrogen-bond donors (Lipinski definition) is 11. The monoisotopic (exact) mass is 730 g/mol. The molecule has 2 saturated heterocycles. The van der Waals surface area contributed by atoms with Crippen molar-refractivity contribution in [3.05, 3.63) is 0 Å². The summed E-state index contributed by atoms with van der Waals surface area (Å²) in [4.78, 5) is 25.1. The van der Waals surface area contributed by atoms with Crippen molar-refractivity contribution in [2.24, 2.45) is 0 Å². The molecular formula is C32H58O18. The lowest BCUT2D eigenvalue weighted by Gasteiger charge is -2.41. The number of carbonyl (C=O) groups excluding carboxylic acids is 1. The van der Waals surface area contributed by atoms with Gasteiger partial charge in [0.25, 0.3) is 0 Å². The molecule has 2 aliphatic rings. The van der Waals surface area contributed by atoms with Crippen LogP contribution in [0, 0.1) is 0 Å². The summed E-state index contributed by atoms with van der Waals surface area (Å²) in [5.41, 5.74) is 0. The van der Waals surface area contributed by atoms with Gasteiger partial charge in [-0.15, -0.1) is 0 Å². The van der Waals surface area contributed by atoms with Crippen LogP contribution < -0.4 is 0 Å². The maximum Gasteiger partial charge on any atom is 0.308 e. The van der Waals surface area contributed by atoms with Crippen LogP contribution in [0.25, 0.3) is 0 Å². The highest BCUT2D eigenvalue weighted by Gasteiger charge is 2.46. The van der Waals surface area contributed by atoms with Crippen LogP contribution in [0.5, 0.6) is 0 Å². The zero-order valence-electron chi connectivity index (χ0n) is 28.6. The quantitative estimate of drug-likeness (QED) is 0.0379. The van der Waals surface area contributed by atoms with E-state index in [4.69, 9.17) is 23.7 Å². The fourth-order valence-electron chi connectivity index (χ4n) is 6.03. The Labute approximate surface area is 291 Å². The lowest BCUT2D eigenvalue weighted by atomic mass is 9.98. The summed E-state index contributed by atoms with van der Waals surface area (Å²) < 4.78 is 28.0. The molecule has 2 fully saturated rings. The molecule has 0 amide bonds. The number of aliphatic hydroxyl groups is 10. The Kier molecular flexibility index (Phi) is 20.0. The zero-order valence-corrected chi connectivity index (χ0v) is 28.6. The lowest BCUT2D eigenvalue weighted by molar-refractivity contribution is -0.313. The molecule has 18 heteroatoms. The molecule has 0 aromatic carbocycles. The Morgan fingerprint density at radius 3 is 1.60 bits per heavy atom. The van der Waals surface area contributed by atoms with E-state index in [0.29, 0.717) is 19.3 Å². The third-order valence-corrected chi connectivity index (χ3v) is 8.80. The fourth-order valence-corrected chi connectivity index (χ4v) is 6.03. The van der Waals surface area contributed by atoms with Crippen LogP contribution >= 0.6 is 0 Å². The Morgan fingerprint density at radius 2 is 1.14 bits per heavy atom. The molecule has 0 saturated carbocycles. The molecular weight excluding hydrogens is 672 g/mol. The molecule has 0 spiro atoms. The largest absolute Gasteiger partial charge is 0.481 e. The van der Waals surface area contributed by atoms with E-state index in [-0.39, 0.29) is 25.7 Å². The first-order valence-corrected chi connectivity index (χ1v) is 17.3. The molecule has 0 aliphatic carbocycles. The van der Waals surface area contributed by atoms with E-state index < -0.39 is 130 Å². The normalized spacial score (nSPS) is 33.3. The molecule has 294 valence electrons. The third-order valence-electron chi connectivity index (χ3n) is 8.80. The summed E-state index contributed by atoms with van der Waals surface area (Å²) in [6.07, 6.45) is -20.1. The van der Waals surface area contributed by atoms with Gasteiger partial charge in [0.15, 0.2) is 12.6 Å². The third kappa shape index (κ3) is 14.1. The van der Waals surface area contributed by atoms with Crippen LogP contribution in [0.2, 0.25) is 0 Å². The number of aliphatic hydroxyl groups excluding tert-OH is 10. The summed E-state index contributed by atoms with van der Waals surface area (Å²) in [6, 6.07) is 0. The average Bonchev–Trinajstić information content (AvgIpc) is 3.04. The topological polar surface area (TPSA) is 303 Å². The van der Waals surface area contributed by atoms with Gasteiger partial charge in [0.1, 0.15) is 54.9 Å². The highest BCUT2D eigenvalue weighted by atomic mass is 16.7. The second-order valence-electron chi connectivity index (χ2n) is 13.1. The van der Waals surface area contributed by atoms with Crippen molar-refractivity contribution < 1.29 is 89.4 Å². The van der Waals surface area contributed by atoms with E-state index in [1.165, 1.54) is 0 Å². The molecule has 11 N–H and O–H groups in total. The number of carboxylic acids is 1. The highest BCUT2D eigenvalue weighted by molar-refractivity contribution is 5.70. The summed E-state index contributed by atoms with van der Waals surface area (Å²) in [7, 11) is 0. The number of ether oxygens (including phenoxy) is 5. The minimum absolute atomic E-state index is 0.0662. The van der Waals surface area contributed by atoms with Gasteiger partial charge in [-0.2, -0.15) is 0 Å². The smallest absolute Gasteiger partial charge is 0.308 e. The van der Waals surface area contributed by atoms with Gasteiger partial charge in [-0.25, -0.2) is 0 Å². The van der Waals surface area contributed by atoms with Crippen LogP contribution in [-0.4, -0.2) is 173 Å². The molecule has 2 rings (SSSR count). The predicted octanol–water partition coefficient (Wildman–Crippen LogP) is -2.59. The van der Waals surface area contributed by atoms with Gasteiger partial charge in [0.05, 0.1) is 50.5 Å². The molecule has 2 aliphatic heterocycles. The van der Waals surface area contributed by atoms with Gasteiger partial charge in [-0.05, 0) is 25.7 Å². The van der Waals surface area contributed by atoms with Crippen molar-refractivity contribution in [1.29, 1.82) is 0 Å². The Morgan fingerprint density at radius 1 is 0.620 bits per heavy atom. The number of carboxylic acid groups (broad SMARTS) is 1. The molecule has 18 nitrogen and oxygen atoms in total. The molecule has 2 heterocycles. The van der Waals surface area contributed by atoms with Crippen LogP contribution in [0.3, 0.4) is 0 Å². The maximum absolute atomic E-state index is 13.4. The number of carbonyl (C=O) groups is 2. The van der Waals surface area contributed by atoms with Crippen molar-refractivity contribution in [1.82, 2.24) is 0 Å². The van der Waals surface area contributed by atoms with Crippen molar-refractivity contribution in [2.45, 2.75) is 176 Å². The van der Waals surface area contributed by atoms with Crippen molar-refractivity contribution >= 4 is 11.9 Å². The predicted molar refractivity (Wildman–Crippen MR) is 169 cm³/mol. The van der Waals surface area contributed by atoms with Gasteiger partial charge >= 0.3 is 11.9 Å². The van der Waals surface area contributed by atoms with Gasteiger partial charge in [-0.3, -0.25) is 9.59 Å². The van der Waals surface area contributed by atoms with Gasteiger partial charge in [0.2, 0.25) is 0 Å². The van der Waals surface area contributed by atoms with E-state index in [0.717, 1.165) is 12.8 Å². The van der Waals surface area contributed by atoms with Crippen molar-refractivity contribution in [3.63, 3.8) is 0 Å². The second-order valence-corrected chi connectivity index (χ2v) is 13.1. The van der Waals surface area contributed by atoms with Crippen LogP contribution in [0.1, 0.15) is 84.5 Å².